The van der Waals surface area contributed by atoms with E-state index in [4.69, 9.17) is 11.6 Å². The minimum absolute atomic E-state index is 0.387. The lowest BCUT2D eigenvalue weighted by atomic mass is 10.1. The molecule has 0 saturated carbocycles. The van der Waals surface area contributed by atoms with E-state index in [-0.39, 0.29) is 0 Å². The number of hydrogen-bond acceptors (Lipinski definition) is 3. The average molecular weight is 290 g/mol. The summed E-state index contributed by atoms with van der Waals surface area (Å²) in [5.74, 6) is 1.26. The van der Waals surface area contributed by atoms with Crippen LogP contribution in [-0.2, 0) is 19.5 Å². The van der Waals surface area contributed by atoms with Crippen LogP contribution in [-0.4, -0.2) is 24.3 Å². The highest BCUT2D eigenvalue weighted by atomic mass is 35.5. The van der Waals surface area contributed by atoms with Crippen LogP contribution in [0.3, 0.4) is 0 Å². The molecule has 3 rings (SSSR count). The normalized spacial score (nSPS) is 11.4. The van der Waals surface area contributed by atoms with Crippen molar-refractivity contribution in [1.29, 1.82) is 0 Å². The molecule has 0 bridgehead atoms. The highest BCUT2D eigenvalue weighted by Gasteiger charge is 2.17. The Morgan fingerprint density at radius 3 is 2.80 bits per heavy atom. The predicted octanol–water partition coefficient (Wildman–Crippen LogP) is 2.57. The van der Waals surface area contributed by atoms with Gasteiger partial charge in [0.1, 0.15) is 11.3 Å². The smallest absolute Gasteiger partial charge is 0.159 e. The third-order valence-corrected chi connectivity index (χ3v) is 3.79. The summed E-state index contributed by atoms with van der Waals surface area (Å²) < 4.78 is 3.99. The SMILES string of the molecule is Cc1cnccc1Cn1c(CCl)nc2c(C)nn(C)c21. The summed E-state index contributed by atoms with van der Waals surface area (Å²) in [4.78, 5) is 8.74. The number of imidazole rings is 1. The van der Waals surface area contributed by atoms with Crippen molar-refractivity contribution in [3.63, 3.8) is 0 Å². The molecule has 3 aromatic heterocycles. The first-order valence-corrected chi connectivity index (χ1v) is 6.99. The minimum atomic E-state index is 0.387. The fourth-order valence-corrected chi connectivity index (χ4v) is 2.70. The second-order valence-electron chi connectivity index (χ2n) is 4.93. The van der Waals surface area contributed by atoms with Crippen LogP contribution in [0, 0.1) is 13.8 Å². The third kappa shape index (κ3) is 1.98. The van der Waals surface area contributed by atoms with Crippen molar-refractivity contribution in [3.05, 3.63) is 41.1 Å². The highest BCUT2D eigenvalue weighted by Crippen LogP contribution is 2.22. The minimum Gasteiger partial charge on any atom is -0.307 e. The van der Waals surface area contributed by atoms with Crippen molar-refractivity contribution in [2.75, 3.05) is 0 Å². The molecule has 0 amide bonds. The van der Waals surface area contributed by atoms with E-state index in [2.05, 4.69) is 26.6 Å². The van der Waals surface area contributed by atoms with Crippen LogP contribution < -0.4 is 0 Å². The van der Waals surface area contributed by atoms with Crippen LogP contribution in [0.2, 0.25) is 0 Å². The number of aromatic nitrogens is 5. The molecule has 0 saturated heterocycles. The van der Waals surface area contributed by atoms with Crippen LogP contribution in [0.15, 0.2) is 18.5 Å². The van der Waals surface area contributed by atoms with E-state index in [1.807, 2.05) is 37.1 Å². The molecule has 0 N–H and O–H groups in total. The maximum atomic E-state index is 6.05. The highest BCUT2D eigenvalue weighted by molar-refractivity contribution is 6.16. The summed E-state index contributed by atoms with van der Waals surface area (Å²) >= 11 is 6.05. The quantitative estimate of drug-likeness (QED) is 0.696. The Kier molecular flexibility index (Phi) is 3.22. The lowest BCUT2D eigenvalue weighted by Crippen LogP contribution is -2.08. The van der Waals surface area contributed by atoms with Crippen molar-refractivity contribution >= 4 is 22.8 Å². The average Bonchev–Trinajstić information content (AvgIpc) is 2.92. The molecule has 0 aliphatic rings. The van der Waals surface area contributed by atoms with Gasteiger partial charge in [0.05, 0.1) is 18.1 Å². The molecular weight excluding hydrogens is 274 g/mol. The second kappa shape index (κ2) is 4.90. The fraction of sp³-hybridized carbons (Fsp3) is 0.357. The van der Waals surface area contributed by atoms with Crippen molar-refractivity contribution in [2.45, 2.75) is 26.3 Å². The van der Waals surface area contributed by atoms with Crippen molar-refractivity contribution in [3.8, 4) is 0 Å². The van der Waals surface area contributed by atoms with E-state index in [0.717, 1.165) is 34.8 Å². The van der Waals surface area contributed by atoms with E-state index in [9.17, 15) is 0 Å². The van der Waals surface area contributed by atoms with Crippen molar-refractivity contribution < 1.29 is 0 Å². The number of alkyl halides is 1. The first kappa shape index (κ1) is 13.1. The molecule has 20 heavy (non-hydrogen) atoms. The molecule has 0 aliphatic heterocycles. The Balaban J connectivity index is 2.17. The number of hydrogen-bond donors (Lipinski definition) is 0. The van der Waals surface area contributed by atoms with Gasteiger partial charge in [0.2, 0.25) is 0 Å². The number of aryl methyl sites for hydroxylation is 3. The summed E-state index contributed by atoms with van der Waals surface area (Å²) in [5.41, 5.74) is 5.24. The summed E-state index contributed by atoms with van der Waals surface area (Å²) in [6, 6.07) is 2.03. The van der Waals surface area contributed by atoms with Gasteiger partial charge in [-0.2, -0.15) is 5.10 Å². The van der Waals surface area contributed by atoms with E-state index in [1.165, 1.54) is 5.56 Å². The largest absolute Gasteiger partial charge is 0.307 e. The van der Waals surface area contributed by atoms with Gasteiger partial charge in [-0.05, 0) is 31.0 Å². The van der Waals surface area contributed by atoms with Crippen LogP contribution in [0.4, 0.5) is 0 Å². The van der Waals surface area contributed by atoms with Crippen LogP contribution in [0.1, 0.15) is 22.6 Å². The zero-order chi connectivity index (χ0) is 14.3. The number of halogens is 1. The standard InChI is InChI=1S/C14H16ClN5/c1-9-7-16-5-4-11(9)8-20-12(6-15)17-13-10(2)18-19(3)14(13)20/h4-5,7H,6,8H2,1-3H3. The summed E-state index contributed by atoms with van der Waals surface area (Å²) in [6.07, 6.45) is 3.68. The molecule has 0 spiro atoms. The zero-order valence-electron chi connectivity index (χ0n) is 11.8. The molecule has 6 heteroatoms. The fourth-order valence-electron chi connectivity index (χ4n) is 2.50. The van der Waals surface area contributed by atoms with Gasteiger partial charge in [0.15, 0.2) is 5.65 Å². The van der Waals surface area contributed by atoms with Gasteiger partial charge in [-0.25, -0.2) is 4.98 Å². The van der Waals surface area contributed by atoms with Gasteiger partial charge in [-0.3, -0.25) is 9.67 Å². The molecule has 5 nitrogen and oxygen atoms in total. The van der Waals surface area contributed by atoms with E-state index in [1.54, 1.807) is 0 Å². The maximum absolute atomic E-state index is 6.05. The number of rotatable bonds is 3. The lowest BCUT2D eigenvalue weighted by molar-refractivity contribution is 0.700. The Morgan fingerprint density at radius 2 is 2.10 bits per heavy atom. The van der Waals surface area contributed by atoms with Gasteiger partial charge < -0.3 is 4.57 Å². The second-order valence-corrected chi connectivity index (χ2v) is 5.20. The molecule has 3 aromatic rings. The Bertz CT molecular complexity index is 771. The maximum Gasteiger partial charge on any atom is 0.159 e. The van der Waals surface area contributed by atoms with E-state index < -0.39 is 0 Å². The van der Waals surface area contributed by atoms with Gasteiger partial charge in [-0.1, -0.05) is 0 Å². The third-order valence-electron chi connectivity index (χ3n) is 3.55. The molecule has 104 valence electrons. The van der Waals surface area contributed by atoms with E-state index >= 15 is 0 Å². The van der Waals surface area contributed by atoms with E-state index in [0.29, 0.717) is 5.88 Å². The number of nitrogens with zero attached hydrogens (tertiary/aromatic N) is 5. The van der Waals surface area contributed by atoms with Gasteiger partial charge >= 0.3 is 0 Å². The predicted molar refractivity (Wildman–Crippen MR) is 78.9 cm³/mol. The first-order valence-electron chi connectivity index (χ1n) is 6.46. The first-order chi connectivity index (χ1) is 9.61. The summed E-state index contributed by atoms with van der Waals surface area (Å²) in [6.45, 7) is 4.76. The zero-order valence-corrected chi connectivity index (χ0v) is 12.5. The van der Waals surface area contributed by atoms with Gasteiger partial charge in [0, 0.05) is 19.4 Å². The Labute approximate surface area is 122 Å². The Hall–Kier alpha value is -1.88. The van der Waals surface area contributed by atoms with Crippen LogP contribution in [0.5, 0.6) is 0 Å². The molecule has 0 aromatic carbocycles. The lowest BCUT2D eigenvalue weighted by Gasteiger charge is -2.10. The molecule has 0 aliphatic carbocycles. The topological polar surface area (TPSA) is 48.5 Å². The monoisotopic (exact) mass is 289 g/mol. The number of fused-ring (bicyclic) bond motifs is 1. The van der Waals surface area contributed by atoms with Crippen LogP contribution in [0.25, 0.3) is 11.2 Å². The van der Waals surface area contributed by atoms with Gasteiger partial charge in [-0.15, -0.1) is 11.6 Å². The molecule has 0 fully saturated rings. The molecule has 3 heterocycles. The molecule has 0 atom stereocenters. The molecular formula is C14H16ClN5. The molecule has 0 unspecified atom stereocenters. The summed E-state index contributed by atoms with van der Waals surface area (Å²) in [7, 11) is 1.94. The summed E-state index contributed by atoms with van der Waals surface area (Å²) in [5, 5.41) is 4.43. The van der Waals surface area contributed by atoms with Gasteiger partial charge in [0.25, 0.3) is 0 Å². The van der Waals surface area contributed by atoms with Crippen molar-refractivity contribution in [1.82, 2.24) is 24.3 Å². The molecule has 0 radical (unpaired) electrons. The van der Waals surface area contributed by atoms with Crippen LogP contribution >= 0.6 is 11.6 Å². The Morgan fingerprint density at radius 1 is 1.30 bits per heavy atom. The van der Waals surface area contributed by atoms with Crippen molar-refractivity contribution in [2.24, 2.45) is 7.05 Å². The number of pyridine rings is 1.